The van der Waals surface area contributed by atoms with E-state index in [0.717, 1.165) is 30.6 Å². The van der Waals surface area contributed by atoms with Crippen LogP contribution in [0.3, 0.4) is 0 Å². The number of carbonyl (C=O) groups excluding carboxylic acids is 1. The smallest absolute Gasteiger partial charge is 0.243 e. The minimum absolute atomic E-state index is 0.165. The number of amides is 1. The molecule has 4 rings (SSSR count). The molecule has 1 saturated heterocycles. The van der Waals surface area contributed by atoms with Crippen LogP contribution >= 0.6 is 0 Å². The van der Waals surface area contributed by atoms with Crippen molar-refractivity contribution in [2.75, 3.05) is 25.0 Å². The van der Waals surface area contributed by atoms with Crippen molar-refractivity contribution in [1.82, 2.24) is 4.31 Å². The zero-order valence-corrected chi connectivity index (χ0v) is 16.5. The second-order valence-electron chi connectivity index (χ2n) is 7.30. The van der Waals surface area contributed by atoms with Crippen LogP contribution in [0.25, 0.3) is 0 Å². The number of rotatable bonds is 4. The molecule has 2 aromatic carbocycles. The molecule has 1 fully saturated rings. The van der Waals surface area contributed by atoms with Crippen LogP contribution in [0.4, 0.5) is 5.69 Å². The number of hydrogen-bond acceptors (Lipinski definition) is 4. The summed E-state index contributed by atoms with van der Waals surface area (Å²) in [6.07, 6.45) is 3.44. The first kappa shape index (κ1) is 19.0. The molecule has 6 nitrogen and oxygen atoms in total. The topological polar surface area (TPSA) is 75.7 Å². The average molecular weight is 401 g/mol. The number of sulfonamides is 1. The minimum Gasteiger partial charge on any atom is -0.492 e. The molecule has 28 heavy (non-hydrogen) atoms. The lowest BCUT2D eigenvalue weighted by Crippen LogP contribution is -2.35. The molecule has 0 saturated carbocycles. The Kier molecular flexibility index (Phi) is 5.37. The van der Waals surface area contributed by atoms with E-state index < -0.39 is 10.0 Å². The highest BCUT2D eigenvalue weighted by atomic mass is 32.2. The summed E-state index contributed by atoms with van der Waals surface area (Å²) < 4.78 is 32.9. The molecular formula is C21H24N2O4S. The molecule has 2 aliphatic rings. The van der Waals surface area contributed by atoms with E-state index in [1.165, 1.54) is 4.31 Å². The van der Waals surface area contributed by atoms with Crippen LogP contribution in [0.2, 0.25) is 0 Å². The third kappa shape index (κ3) is 3.91. The molecule has 0 spiro atoms. The minimum atomic E-state index is -3.53. The summed E-state index contributed by atoms with van der Waals surface area (Å²) in [5, 5.41) is 2.86. The van der Waals surface area contributed by atoms with E-state index >= 15 is 0 Å². The van der Waals surface area contributed by atoms with Gasteiger partial charge in [-0.2, -0.15) is 4.31 Å². The number of ether oxygens (including phenoxy) is 1. The van der Waals surface area contributed by atoms with Gasteiger partial charge in [-0.25, -0.2) is 8.42 Å². The maximum Gasteiger partial charge on any atom is 0.243 e. The number of para-hydroxylation sites is 1. The van der Waals surface area contributed by atoms with E-state index in [9.17, 15) is 13.2 Å². The fourth-order valence-corrected chi connectivity index (χ4v) is 5.29. The van der Waals surface area contributed by atoms with Gasteiger partial charge in [-0.15, -0.1) is 0 Å². The van der Waals surface area contributed by atoms with Crippen LogP contribution in [-0.4, -0.2) is 38.3 Å². The number of hydrogen-bond donors (Lipinski definition) is 1. The van der Waals surface area contributed by atoms with Crippen molar-refractivity contribution in [2.24, 2.45) is 5.92 Å². The molecule has 2 aliphatic heterocycles. The van der Waals surface area contributed by atoms with Gasteiger partial charge in [0.15, 0.2) is 0 Å². The van der Waals surface area contributed by atoms with Crippen LogP contribution in [0.15, 0.2) is 53.4 Å². The van der Waals surface area contributed by atoms with Gasteiger partial charge in [0.05, 0.1) is 10.8 Å². The van der Waals surface area contributed by atoms with Crippen LogP contribution in [0, 0.1) is 5.92 Å². The monoisotopic (exact) mass is 400 g/mol. The number of fused-ring (bicyclic) bond motifs is 1. The van der Waals surface area contributed by atoms with Crippen molar-refractivity contribution < 1.29 is 17.9 Å². The molecule has 148 valence electrons. The lowest BCUT2D eigenvalue weighted by atomic mass is 9.96. The summed E-state index contributed by atoms with van der Waals surface area (Å²) in [4.78, 5) is 12.9. The second kappa shape index (κ2) is 7.93. The molecule has 7 heteroatoms. The predicted octanol–water partition coefficient (Wildman–Crippen LogP) is 3.05. The van der Waals surface area contributed by atoms with Crippen LogP contribution in [0.5, 0.6) is 5.75 Å². The van der Waals surface area contributed by atoms with Crippen molar-refractivity contribution in [1.29, 1.82) is 0 Å². The highest BCUT2D eigenvalue weighted by molar-refractivity contribution is 7.89. The summed E-state index contributed by atoms with van der Waals surface area (Å²) in [6, 6.07) is 14.2. The lowest BCUT2D eigenvalue weighted by Gasteiger charge is -2.26. The summed E-state index contributed by atoms with van der Waals surface area (Å²) in [7, 11) is -3.53. The zero-order valence-electron chi connectivity index (χ0n) is 15.6. The Morgan fingerprint density at radius 1 is 1.04 bits per heavy atom. The first-order chi connectivity index (χ1) is 13.5. The highest BCUT2D eigenvalue weighted by Gasteiger charge is 2.28. The largest absolute Gasteiger partial charge is 0.492 e. The van der Waals surface area contributed by atoms with Gasteiger partial charge in [-0.3, -0.25) is 4.79 Å². The molecule has 2 aromatic rings. The summed E-state index contributed by atoms with van der Waals surface area (Å²) in [6.45, 7) is 1.42. The first-order valence-corrected chi connectivity index (χ1v) is 11.1. The van der Waals surface area contributed by atoms with Crippen molar-refractivity contribution in [3.05, 3.63) is 54.1 Å². The van der Waals surface area contributed by atoms with Gasteiger partial charge < -0.3 is 10.1 Å². The fourth-order valence-electron chi connectivity index (χ4n) is 3.73. The van der Waals surface area contributed by atoms with Gasteiger partial charge in [0.1, 0.15) is 12.4 Å². The summed E-state index contributed by atoms with van der Waals surface area (Å²) in [5.41, 5.74) is 1.50. The van der Waals surface area contributed by atoms with E-state index in [0.29, 0.717) is 31.8 Å². The van der Waals surface area contributed by atoms with Crippen molar-refractivity contribution in [2.45, 2.75) is 30.6 Å². The van der Waals surface area contributed by atoms with Gasteiger partial charge in [0, 0.05) is 18.8 Å². The van der Waals surface area contributed by atoms with Gasteiger partial charge in [0.2, 0.25) is 15.9 Å². The number of anilines is 1. The molecule has 0 aromatic heterocycles. The molecule has 0 bridgehead atoms. The van der Waals surface area contributed by atoms with Crippen molar-refractivity contribution in [3.8, 4) is 5.75 Å². The van der Waals surface area contributed by atoms with E-state index in [1.54, 1.807) is 24.3 Å². The summed E-state index contributed by atoms with van der Waals surface area (Å²) in [5.74, 6) is 0.348. The zero-order chi connectivity index (χ0) is 19.6. The van der Waals surface area contributed by atoms with Crippen LogP contribution < -0.4 is 10.1 Å². The SMILES string of the molecule is O=C(Nc1cccc(S(=O)(=O)N2CCCCC2)c1)C1COc2ccccc2C1. The fraction of sp³-hybridized carbons (Fsp3) is 0.381. The number of nitrogens with one attached hydrogen (secondary N) is 1. The van der Waals surface area contributed by atoms with E-state index in [1.807, 2.05) is 24.3 Å². The van der Waals surface area contributed by atoms with E-state index in [2.05, 4.69) is 5.32 Å². The van der Waals surface area contributed by atoms with Gasteiger partial charge in [-0.05, 0) is 49.1 Å². The van der Waals surface area contributed by atoms with E-state index in [-0.39, 0.29) is 16.7 Å². The Morgan fingerprint density at radius 3 is 2.64 bits per heavy atom. The van der Waals surface area contributed by atoms with Crippen molar-refractivity contribution in [3.63, 3.8) is 0 Å². The predicted molar refractivity (Wildman–Crippen MR) is 107 cm³/mol. The van der Waals surface area contributed by atoms with Gasteiger partial charge >= 0.3 is 0 Å². The summed E-state index contributed by atoms with van der Waals surface area (Å²) >= 11 is 0. The molecule has 1 N–H and O–H groups in total. The Balaban J connectivity index is 1.47. The molecule has 0 aliphatic carbocycles. The maximum atomic E-state index is 12.9. The molecule has 1 unspecified atom stereocenters. The number of piperidine rings is 1. The molecule has 2 heterocycles. The highest BCUT2D eigenvalue weighted by Crippen LogP contribution is 2.28. The number of benzene rings is 2. The van der Waals surface area contributed by atoms with Gasteiger partial charge in [-0.1, -0.05) is 30.7 Å². The molecule has 1 atom stereocenters. The maximum absolute atomic E-state index is 12.9. The van der Waals surface area contributed by atoms with Crippen LogP contribution in [-0.2, 0) is 21.2 Å². The third-order valence-electron chi connectivity index (χ3n) is 5.30. The standard InChI is InChI=1S/C21H24N2O4S/c24-21(17-13-16-7-2-3-10-20(16)27-15-17)22-18-8-6-9-19(14-18)28(25,26)23-11-4-1-5-12-23/h2-3,6-10,14,17H,1,4-5,11-13,15H2,(H,22,24). The van der Waals surface area contributed by atoms with E-state index in [4.69, 9.17) is 4.74 Å². The Bertz CT molecular complexity index is 968. The third-order valence-corrected chi connectivity index (χ3v) is 7.20. The normalized spacial score (nSPS) is 20.1. The quantitative estimate of drug-likeness (QED) is 0.856. The number of nitrogens with zero attached hydrogens (tertiary/aromatic N) is 1. The molecular weight excluding hydrogens is 376 g/mol. The number of carbonyl (C=O) groups is 1. The second-order valence-corrected chi connectivity index (χ2v) is 9.24. The average Bonchev–Trinajstić information content (AvgIpc) is 2.74. The molecule has 1 amide bonds. The first-order valence-electron chi connectivity index (χ1n) is 9.66. The molecule has 0 radical (unpaired) electrons. The lowest BCUT2D eigenvalue weighted by molar-refractivity contribution is -0.121. The van der Waals surface area contributed by atoms with Crippen molar-refractivity contribution >= 4 is 21.6 Å². The Morgan fingerprint density at radius 2 is 1.82 bits per heavy atom. The Hall–Kier alpha value is -2.38. The Labute approximate surface area is 165 Å². The van der Waals surface area contributed by atoms with Crippen LogP contribution in [0.1, 0.15) is 24.8 Å². The van der Waals surface area contributed by atoms with Gasteiger partial charge in [0.25, 0.3) is 0 Å².